The van der Waals surface area contributed by atoms with Gasteiger partial charge in [-0.15, -0.1) is 0 Å². The van der Waals surface area contributed by atoms with Crippen LogP contribution >= 0.6 is 0 Å². The molecule has 1 N–H and O–H groups in total. The highest BCUT2D eigenvalue weighted by Crippen LogP contribution is 2.31. The van der Waals surface area contributed by atoms with E-state index in [0.717, 1.165) is 5.56 Å². The van der Waals surface area contributed by atoms with Crippen LogP contribution in [0.1, 0.15) is 24.3 Å². The molecule has 2 aromatic rings. The van der Waals surface area contributed by atoms with Crippen LogP contribution in [0.2, 0.25) is 0 Å². The molecule has 0 radical (unpaired) electrons. The van der Waals surface area contributed by atoms with E-state index in [9.17, 15) is 13.2 Å². The first kappa shape index (κ1) is 20.5. The molecule has 2 heterocycles. The number of aromatic nitrogens is 2. The lowest BCUT2D eigenvalue weighted by molar-refractivity contribution is -0.140. The third kappa shape index (κ3) is 4.60. The molecule has 0 aliphatic carbocycles. The zero-order valence-electron chi connectivity index (χ0n) is 16.1. The number of benzene rings is 1. The van der Waals surface area contributed by atoms with E-state index in [0.29, 0.717) is 32.5 Å². The summed E-state index contributed by atoms with van der Waals surface area (Å²) in [4.78, 5) is 15.3. The minimum atomic E-state index is -3.65. The Labute approximate surface area is 165 Å². The number of esters is 1. The minimum absolute atomic E-state index is 0.0258. The summed E-state index contributed by atoms with van der Waals surface area (Å²) in [5.74, 6) is -0.218. The van der Waals surface area contributed by atoms with E-state index in [2.05, 4.69) is 15.0 Å². The highest BCUT2D eigenvalue weighted by atomic mass is 32.2. The molecule has 0 amide bonds. The van der Waals surface area contributed by atoms with Gasteiger partial charge in [-0.3, -0.25) is 4.79 Å². The highest BCUT2D eigenvalue weighted by Gasteiger charge is 2.40. The number of rotatable bonds is 8. The number of imidazole rings is 1. The number of hydrogen-bond donors (Lipinski definition) is 1. The van der Waals surface area contributed by atoms with E-state index in [1.165, 1.54) is 23.9 Å². The first-order valence-corrected chi connectivity index (χ1v) is 10.7. The first-order valence-electron chi connectivity index (χ1n) is 9.25. The molecular formula is C19H26N4O4S. The summed E-state index contributed by atoms with van der Waals surface area (Å²) in [6, 6.07) is 9.85. The Kier molecular flexibility index (Phi) is 6.48. The Morgan fingerprint density at radius 1 is 1.29 bits per heavy atom. The highest BCUT2D eigenvalue weighted by molar-refractivity contribution is 7.89. The average Bonchev–Trinajstić information content (AvgIpc) is 3.33. The molecule has 1 aliphatic heterocycles. The van der Waals surface area contributed by atoms with Crippen LogP contribution in [-0.4, -0.2) is 61.0 Å². The predicted octanol–water partition coefficient (Wildman–Crippen LogP) is 1.12. The maximum atomic E-state index is 13.0. The van der Waals surface area contributed by atoms with Crippen LogP contribution < -0.4 is 5.32 Å². The topological polar surface area (TPSA) is 93.5 Å². The van der Waals surface area contributed by atoms with E-state index >= 15 is 0 Å². The monoisotopic (exact) mass is 406 g/mol. The van der Waals surface area contributed by atoms with E-state index in [1.54, 1.807) is 11.6 Å². The standard InChI is InChI=1S/C19H26N4O4S/c1-22-13-18(21-14-22)28(25,26)23-11-16(15-7-4-3-5-8-15)17(12-23)20-10-6-9-19(24)27-2/h3-5,7-8,13-14,16-17,20H,6,9-12H2,1-2H3/t16-,17+/m1/s1. The van der Waals surface area contributed by atoms with E-state index < -0.39 is 10.0 Å². The second kappa shape index (κ2) is 8.85. The lowest BCUT2D eigenvalue weighted by Gasteiger charge is -2.20. The first-order chi connectivity index (χ1) is 13.4. The number of ether oxygens (including phenoxy) is 1. The molecule has 9 heteroatoms. The molecule has 28 heavy (non-hydrogen) atoms. The van der Waals surface area contributed by atoms with Crippen molar-refractivity contribution in [1.29, 1.82) is 0 Å². The zero-order valence-corrected chi connectivity index (χ0v) is 16.9. The summed E-state index contributed by atoms with van der Waals surface area (Å²) in [6.07, 6.45) is 3.98. The number of sulfonamides is 1. The van der Waals surface area contributed by atoms with Crippen LogP contribution in [0.15, 0.2) is 47.9 Å². The van der Waals surface area contributed by atoms with Gasteiger partial charge in [0.15, 0.2) is 5.03 Å². The number of nitrogens with one attached hydrogen (secondary N) is 1. The van der Waals surface area contributed by atoms with Crippen molar-refractivity contribution in [3.8, 4) is 0 Å². The van der Waals surface area contributed by atoms with Crippen LogP contribution in [0.25, 0.3) is 0 Å². The maximum absolute atomic E-state index is 13.0. The molecule has 1 fully saturated rings. The molecule has 0 unspecified atom stereocenters. The molecule has 0 bridgehead atoms. The molecule has 3 rings (SSSR count). The zero-order chi connectivity index (χ0) is 20.1. The van der Waals surface area contributed by atoms with Crippen LogP contribution in [0.5, 0.6) is 0 Å². The molecule has 8 nitrogen and oxygen atoms in total. The van der Waals surface area contributed by atoms with Crippen molar-refractivity contribution in [2.75, 3.05) is 26.7 Å². The Morgan fingerprint density at radius 3 is 2.68 bits per heavy atom. The maximum Gasteiger partial charge on any atom is 0.305 e. The minimum Gasteiger partial charge on any atom is -0.469 e. The second-order valence-electron chi connectivity index (χ2n) is 6.96. The van der Waals surface area contributed by atoms with Gasteiger partial charge in [-0.05, 0) is 18.5 Å². The van der Waals surface area contributed by atoms with Crippen LogP contribution in [0.3, 0.4) is 0 Å². The fourth-order valence-corrected chi connectivity index (χ4v) is 4.94. The normalized spacial score (nSPS) is 20.4. The second-order valence-corrected chi connectivity index (χ2v) is 8.84. The fourth-order valence-electron chi connectivity index (χ4n) is 3.49. The SMILES string of the molecule is COC(=O)CCCN[C@H]1CN(S(=O)(=O)c2cn(C)cn2)C[C@@H]1c1ccccc1. The van der Waals surface area contributed by atoms with Crippen molar-refractivity contribution in [1.82, 2.24) is 19.2 Å². The summed E-state index contributed by atoms with van der Waals surface area (Å²) in [5.41, 5.74) is 1.09. The molecule has 1 aliphatic rings. The van der Waals surface area contributed by atoms with Gasteiger partial charge in [0.2, 0.25) is 0 Å². The summed E-state index contributed by atoms with van der Waals surface area (Å²) in [7, 11) is -0.534. The molecule has 1 aromatic heterocycles. The van der Waals surface area contributed by atoms with E-state index in [1.807, 2.05) is 30.3 Å². The predicted molar refractivity (Wildman–Crippen MR) is 104 cm³/mol. The summed E-state index contributed by atoms with van der Waals surface area (Å²) in [5, 5.41) is 3.49. The lowest BCUT2D eigenvalue weighted by Crippen LogP contribution is -2.37. The van der Waals surface area contributed by atoms with Crippen molar-refractivity contribution in [2.45, 2.75) is 29.8 Å². The van der Waals surface area contributed by atoms with Crippen molar-refractivity contribution in [3.05, 3.63) is 48.4 Å². The average molecular weight is 407 g/mol. The molecule has 152 valence electrons. The van der Waals surface area contributed by atoms with Gasteiger partial charge in [-0.25, -0.2) is 13.4 Å². The molecule has 1 aromatic carbocycles. The Balaban J connectivity index is 1.74. The number of methoxy groups -OCH3 is 1. The van der Waals surface area contributed by atoms with E-state index in [4.69, 9.17) is 0 Å². The summed E-state index contributed by atoms with van der Waals surface area (Å²) >= 11 is 0. The Hall–Kier alpha value is -2.23. The van der Waals surface area contributed by atoms with Gasteiger partial charge in [0.25, 0.3) is 10.0 Å². The Bertz CT molecular complexity index is 898. The third-order valence-corrected chi connectivity index (χ3v) is 6.71. The van der Waals surface area contributed by atoms with Gasteiger partial charge in [0, 0.05) is 44.7 Å². The quantitative estimate of drug-likeness (QED) is 0.522. The molecule has 1 saturated heterocycles. The van der Waals surface area contributed by atoms with Crippen LogP contribution in [-0.2, 0) is 26.6 Å². The van der Waals surface area contributed by atoms with Crippen molar-refractivity contribution in [2.24, 2.45) is 7.05 Å². The van der Waals surface area contributed by atoms with Gasteiger partial charge in [-0.1, -0.05) is 30.3 Å². The van der Waals surface area contributed by atoms with E-state index in [-0.39, 0.29) is 23.0 Å². The third-order valence-electron chi connectivity index (χ3n) is 4.99. The molecule has 2 atom stereocenters. The van der Waals surface area contributed by atoms with Crippen molar-refractivity contribution in [3.63, 3.8) is 0 Å². The molecule has 0 spiro atoms. The van der Waals surface area contributed by atoms with Gasteiger partial charge < -0.3 is 14.6 Å². The largest absolute Gasteiger partial charge is 0.469 e. The van der Waals surface area contributed by atoms with Gasteiger partial charge in [0.1, 0.15) is 0 Å². The van der Waals surface area contributed by atoms with Gasteiger partial charge in [0.05, 0.1) is 13.4 Å². The molecular weight excluding hydrogens is 380 g/mol. The van der Waals surface area contributed by atoms with Gasteiger partial charge in [-0.2, -0.15) is 4.31 Å². The number of carbonyl (C=O) groups excluding carboxylic acids is 1. The molecule has 0 saturated carbocycles. The smallest absolute Gasteiger partial charge is 0.305 e. The number of hydrogen-bond acceptors (Lipinski definition) is 6. The van der Waals surface area contributed by atoms with Crippen LogP contribution in [0, 0.1) is 0 Å². The van der Waals surface area contributed by atoms with Crippen molar-refractivity contribution < 1.29 is 17.9 Å². The van der Waals surface area contributed by atoms with Gasteiger partial charge >= 0.3 is 5.97 Å². The number of nitrogens with zero attached hydrogens (tertiary/aromatic N) is 3. The summed E-state index contributed by atoms with van der Waals surface area (Å²) in [6.45, 7) is 1.36. The van der Waals surface area contributed by atoms with Crippen molar-refractivity contribution >= 4 is 16.0 Å². The fraction of sp³-hybridized carbons (Fsp3) is 0.474. The van der Waals surface area contributed by atoms with Crippen LogP contribution in [0.4, 0.5) is 0 Å². The summed E-state index contributed by atoms with van der Waals surface area (Å²) < 4.78 is 33.8. The number of aryl methyl sites for hydroxylation is 1. The lowest BCUT2D eigenvalue weighted by atomic mass is 9.94. The Morgan fingerprint density at radius 2 is 2.04 bits per heavy atom. The number of carbonyl (C=O) groups is 1.